The van der Waals surface area contributed by atoms with Crippen LogP contribution in [0.3, 0.4) is 0 Å². The molecule has 4 heteroatoms. The average Bonchev–Trinajstić information content (AvgIpc) is 2.89. The molecule has 0 radical (unpaired) electrons. The summed E-state index contributed by atoms with van der Waals surface area (Å²) in [7, 11) is 0. The van der Waals surface area contributed by atoms with Crippen LogP contribution in [0.15, 0.2) is 0 Å². The van der Waals surface area contributed by atoms with Crippen LogP contribution in [0.25, 0.3) is 0 Å². The predicted octanol–water partition coefficient (Wildman–Crippen LogP) is 2.28. The first-order valence-electron chi connectivity index (χ1n) is 8.12. The molecule has 0 spiro atoms. The van der Waals surface area contributed by atoms with Crippen molar-refractivity contribution in [2.75, 3.05) is 32.7 Å². The predicted molar refractivity (Wildman–Crippen MR) is 80.7 cm³/mol. The van der Waals surface area contributed by atoms with Gasteiger partial charge < -0.3 is 9.64 Å². The number of ether oxygens (including phenoxy) is 1. The summed E-state index contributed by atoms with van der Waals surface area (Å²) in [6, 6.07) is 0.836. The van der Waals surface area contributed by atoms with Gasteiger partial charge in [-0.2, -0.15) is 0 Å². The number of hydrogen-bond acceptors (Lipinski definition) is 4. The lowest BCUT2D eigenvalue weighted by molar-refractivity contribution is -0.155. The summed E-state index contributed by atoms with van der Waals surface area (Å²) in [6.07, 6.45) is 6.10. The quantitative estimate of drug-likeness (QED) is 0.741. The molecule has 20 heavy (non-hydrogen) atoms. The molecule has 0 atom stereocenters. The highest BCUT2D eigenvalue weighted by molar-refractivity contribution is 5.70. The fraction of sp³-hybridized carbons (Fsp3) is 0.938. The van der Waals surface area contributed by atoms with Crippen LogP contribution in [-0.2, 0) is 9.53 Å². The van der Waals surface area contributed by atoms with Crippen molar-refractivity contribution in [1.29, 1.82) is 0 Å². The fourth-order valence-electron chi connectivity index (χ4n) is 3.26. The minimum atomic E-state index is -0.363. The van der Waals surface area contributed by atoms with Crippen molar-refractivity contribution in [2.45, 2.75) is 64.5 Å². The summed E-state index contributed by atoms with van der Waals surface area (Å²) in [5.41, 5.74) is -0.363. The van der Waals surface area contributed by atoms with Crippen LogP contribution in [0, 0.1) is 0 Å². The molecule has 0 bridgehead atoms. The van der Waals surface area contributed by atoms with E-state index in [1.54, 1.807) is 0 Å². The second kappa shape index (κ2) is 6.90. The van der Waals surface area contributed by atoms with Gasteiger partial charge in [0.15, 0.2) is 0 Å². The Morgan fingerprint density at radius 1 is 1.10 bits per heavy atom. The highest BCUT2D eigenvalue weighted by Crippen LogP contribution is 2.24. The summed E-state index contributed by atoms with van der Waals surface area (Å²) >= 11 is 0. The Bertz CT molecular complexity index is 311. The zero-order chi connectivity index (χ0) is 14.6. The van der Waals surface area contributed by atoms with E-state index >= 15 is 0 Å². The number of hydrogen-bond donors (Lipinski definition) is 0. The molecule has 0 unspecified atom stereocenters. The van der Waals surface area contributed by atoms with E-state index in [9.17, 15) is 4.79 Å². The number of carbonyl (C=O) groups is 1. The van der Waals surface area contributed by atoms with E-state index in [-0.39, 0.29) is 11.6 Å². The van der Waals surface area contributed by atoms with Crippen molar-refractivity contribution in [3.63, 3.8) is 0 Å². The SMILES string of the molecule is CC(C)(C)OC(=O)CCN1CCN(C2CCCC2)CC1. The summed E-state index contributed by atoms with van der Waals surface area (Å²) < 4.78 is 5.36. The molecule has 0 aromatic rings. The first-order valence-corrected chi connectivity index (χ1v) is 8.12. The van der Waals surface area contributed by atoms with E-state index in [2.05, 4.69) is 9.80 Å². The van der Waals surface area contributed by atoms with Crippen LogP contribution in [-0.4, -0.2) is 60.1 Å². The highest BCUT2D eigenvalue weighted by Gasteiger charge is 2.26. The van der Waals surface area contributed by atoms with Gasteiger partial charge in [0.1, 0.15) is 5.60 Å². The second-order valence-corrected chi connectivity index (χ2v) is 7.15. The molecular formula is C16H30N2O2. The Kier molecular flexibility index (Phi) is 5.44. The van der Waals surface area contributed by atoms with Gasteiger partial charge in [-0.05, 0) is 33.6 Å². The van der Waals surface area contributed by atoms with E-state index in [0.717, 1.165) is 25.7 Å². The molecule has 116 valence electrons. The molecule has 2 aliphatic rings. The zero-order valence-electron chi connectivity index (χ0n) is 13.4. The highest BCUT2D eigenvalue weighted by atomic mass is 16.6. The standard InChI is InChI=1S/C16H30N2O2/c1-16(2,3)20-15(19)8-9-17-10-12-18(13-11-17)14-6-4-5-7-14/h14H,4-13H2,1-3H3. The summed E-state index contributed by atoms with van der Waals surface area (Å²) in [5, 5.41) is 0. The lowest BCUT2D eigenvalue weighted by atomic mass is 10.1. The zero-order valence-corrected chi connectivity index (χ0v) is 13.4. The Balaban J connectivity index is 1.63. The number of rotatable bonds is 4. The minimum absolute atomic E-state index is 0.0734. The molecule has 0 aromatic heterocycles. The summed E-state index contributed by atoms with van der Waals surface area (Å²) in [6.45, 7) is 11.1. The number of piperazine rings is 1. The molecule has 1 saturated carbocycles. The molecule has 0 N–H and O–H groups in total. The van der Waals surface area contributed by atoms with Crippen LogP contribution in [0.5, 0.6) is 0 Å². The van der Waals surface area contributed by atoms with Gasteiger partial charge in [0.25, 0.3) is 0 Å². The lowest BCUT2D eigenvalue weighted by Gasteiger charge is -2.38. The molecule has 0 aromatic carbocycles. The number of nitrogens with zero attached hydrogens (tertiary/aromatic N) is 2. The van der Waals surface area contributed by atoms with Gasteiger partial charge in [-0.3, -0.25) is 9.69 Å². The van der Waals surface area contributed by atoms with Gasteiger partial charge in [0.2, 0.25) is 0 Å². The van der Waals surface area contributed by atoms with Gasteiger partial charge in [-0.25, -0.2) is 0 Å². The van der Waals surface area contributed by atoms with Gasteiger partial charge in [0, 0.05) is 38.8 Å². The van der Waals surface area contributed by atoms with E-state index in [1.165, 1.54) is 38.8 Å². The van der Waals surface area contributed by atoms with Gasteiger partial charge in [-0.15, -0.1) is 0 Å². The molecule has 1 heterocycles. The van der Waals surface area contributed by atoms with Gasteiger partial charge >= 0.3 is 5.97 Å². The largest absolute Gasteiger partial charge is 0.460 e. The van der Waals surface area contributed by atoms with Crippen molar-refractivity contribution >= 4 is 5.97 Å². The van der Waals surface area contributed by atoms with Crippen LogP contribution in [0.4, 0.5) is 0 Å². The minimum Gasteiger partial charge on any atom is -0.460 e. The van der Waals surface area contributed by atoms with Gasteiger partial charge in [-0.1, -0.05) is 12.8 Å². The molecule has 0 amide bonds. The first kappa shape index (κ1) is 15.8. The molecular weight excluding hydrogens is 252 g/mol. The number of carbonyl (C=O) groups excluding carboxylic acids is 1. The smallest absolute Gasteiger partial charge is 0.307 e. The summed E-state index contributed by atoms with van der Waals surface area (Å²) in [4.78, 5) is 16.8. The second-order valence-electron chi connectivity index (χ2n) is 7.15. The van der Waals surface area contributed by atoms with E-state index in [4.69, 9.17) is 4.74 Å². The molecule has 1 aliphatic heterocycles. The third-order valence-electron chi connectivity index (χ3n) is 4.30. The van der Waals surface area contributed by atoms with Crippen molar-refractivity contribution in [1.82, 2.24) is 9.80 Å². The van der Waals surface area contributed by atoms with E-state index < -0.39 is 0 Å². The van der Waals surface area contributed by atoms with Crippen molar-refractivity contribution < 1.29 is 9.53 Å². The van der Waals surface area contributed by atoms with Crippen molar-refractivity contribution in [3.05, 3.63) is 0 Å². The third kappa shape index (κ3) is 5.06. The maximum atomic E-state index is 11.7. The van der Waals surface area contributed by atoms with Crippen LogP contribution in [0.1, 0.15) is 52.9 Å². The van der Waals surface area contributed by atoms with Crippen molar-refractivity contribution in [2.24, 2.45) is 0 Å². The maximum Gasteiger partial charge on any atom is 0.307 e. The Labute approximate surface area is 123 Å². The normalized spacial score (nSPS) is 23.1. The van der Waals surface area contributed by atoms with E-state index in [1.807, 2.05) is 20.8 Å². The summed E-state index contributed by atoms with van der Waals surface area (Å²) in [5.74, 6) is -0.0734. The van der Waals surface area contributed by atoms with Gasteiger partial charge in [0.05, 0.1) is 6.42 Å². The monoisotopic (exact) mass is 282 g/mol. The van der Waals surface area contributed by atoms with Crippen LogP contribution >= 0.6 is 0 Å². The van der Waals surface area contributed by atoms with Crippen LogP contribution in [0.2, 0.25) is 0 Å². The molecule has 2 rings (SSSR count). The van der Waals surface area contributed by atoms with Crippen LogP contribution < -0.4 is 0 Å². The fourth-order valence-corrected chi connectivity index (χ4v) is 3.26. The lowest BCUT2D eigenvalue weighted by Crippen LogP contribution is -2.50. The average molecular weight is 282 g/mol. The maximum absolute atomic E-state index is 11.7. The molecule has 1 aliphatic carbocycles. The molecule has 2 fully saturated rings. The Morgan fingerprint density at radius 3 is 2.25 bits per heavy atom. The van der Waals surface area contributed by atoms with E-state index in [0.29, 0.717) is 6.42 Å². The topological polar surface area (TPSA) is 32.8 Å². The molecule has 4 nitrogen and oxygen atoms in total. The molecule has 1 saturated heterocycles. The Morgan fingerprint density at radius 2 is 1.70 bits per heavy atom. The first-order chi connectivity index (χ1) is 9.44. The Hall–Kier alpha value is -0.610. The number of esters is 1. The van der Waals surface area contributed by atoms with Crippen molar-refractivity contribution in [3.8, 4) is 0 Å². The third-order valence-corrected chi connectivity index (χ3v) is 4.30.